The lowest BCUT2D eigenvalue weighted by molar-refractivity contribution is 0.0600. The topological polar surface area (TPSA) is 65.6 Å². The zero-order valence-corrected chi connectivity index (χ0v) is 17.9. The minimum atomic E-state index is -0.820. The van der Waals surface area contributed by atoms with Crippen molar-refractivity contribution < 1.29 is 18.3 Å². The van der Waals surface area contributed by atoms with E-state index in [-0.39, 0.29) is 28.7 Å². The second-order valence-electron chi connectivity index (χ2n) is 7.36. The maximum absolute atomic E-state index is 14.7. The van der Waals surface area contributed by atoms with Crippen molar-refractivity contribution in [2.45, 2.75) is 12.3 Å². The number of nitrogens with zero attached hydrogens (tertiary/aromatic N) is 3. The number of halogens is 2. The molecule has 1 atom stereocenters. The molecule has 0 bridgehead atoms. The van der Waals surface area contributed by atoms with E-state index < -0.39 is 23.5 Å². The molecule has 33 heavy (non-hydrogen) atoms. The summed E-state index contributed by atoms with van der Waals surface area (Å²) in [7, 11) is 2.85. The number of hydrogen-bond donors (Lipinski definition) is 0. The molecule has 0 spiro atoms. The monoisotopic (exact) mass is 447 g/mol. The Labute approximate surface area is 188 Å². The van der Waals surface area contributed by atoms with Gasteiger partial charge in [-0.05, 0) is 42.0 Å². The number of aromatic nitrogens is 3. The van der Waals surface area contributed by atoms with Crippen LogP contribution in [0.3, 0.4) is 0 Å². The second-order valence-corrected chi connectivity index (χ2v) is 7.36. The molecule has 0 saturated carbocycles. The highest BCUT2D eigenvalue weighted by Gasteiger charge is 2.22. The fourth-order valence-corrected chi connectivity index (χ4v) is 3.70. The van der Waals surface area contributed by atoms with E-state index in [1.165, 1.54) is 11.7 Å². The van der Waals surface area contributed by atoms with Crippen LogP contribution in [0.15, 0.2) is 65.8 Å². The van der Waals surface area contributed by atoms with E-state index in [4.69, 9.17) is 4.74 Å². The maximum atomic E-state index is 14.7. The molecule has 1 aromatic carbocycles. The zero-order chi connectivity index (χ0) is 23.5. The molecular formula is C25H19F2N3O3. The van der Waals surface area contributed by atoms with Gasteiger partial charge in [0, 0.05) is 37.3 Å². The van der Waals surface area contributed by atoms with Gasteiger partial charge in [-0.2, -0.15) is 5.10 Å². The lowest BCUT2D eigenvalue weighted by Crippen LogP contribution is -2.23. The Bertz CT molecular complexity index is 1480. The van der Waals surface area contributed by atoms with Crippen LogP contribution in [-0.4, -0.2) is 27.3 Å². The quantitative estimate of drug-likeness (QED) is 0.354. The summed E-state index contributed by atoms with van der Waals surface area (Å²) in [5.74, 6) is 3.28. The van der Waals surface area contributed by atoms with Gasteiger partial charge in [-0.3, -0.25) is 4.79 Å². The Morgan fingerprint density at radius 2 is 1.97 bits per heavy atom. The number of pyridine rings is 2. The van der Waals surface area contributed by atoms with E-state index in [2.05, 4.69) is 16.9 Å². The van der Waals surface area contributed by atoms with Crippen molar-refractivity contribution in [1.29, 1.82) is 0 Å². The normalized spacial score (nSPS) is 11.6. The molecule has 4 rings (SSSR count). The summed E-state index contributed by atoms with van der Waals surface area (Å²) in [6, 6.07) is 9.62. The van der Waals surface area contributed by atoms with Gasteiger partial charge in [0.25, 0.3) is 5.56 Å². The molecule has 8 heteroatoms. The van der Waals surface area contributed by atoms with Crippen LogP contribution in [0, 0.1) is 23.5 Å². The van der Waals surface area contributed by atoms with Crippen LogP contribution in [0.5, 0.6) is 0 Å². The summed E-state index contributed by atoms with van der Waals surface area (Å²) in [5.41, 5.74) is 1.22. The first-order valence-electron chi connectivity index (χ1n) is 10.0. The highest BCUT2D eigenvalue weighted by atomic mass is 19.1. The van der Waals surface area contributed by atoms with Crippen LogP contribution >= 0.6 is 0 Å². The Kier molecular flexibility index (Phi) is 6.05. The van der Waals surface area contributed by atoms with E-state index in [9.17, 15) is 18.4 Å². The number of rotatable bonds is 4. The molecule has 6 nitrogen and oxygen atoms in total. The third-order valence-electron chi connectivity index (χ3n) is 5.36. The minimum absolute atomic E-state index is 0.00936. The molecule has 166 valence electrons. The van der Waals surface area contributed by atoms with E-state index in [1.54, 1.807) is 54.4 Å². The van der Waals surface area contributed by atoms with Gasteiger partial charge in [0.1, 0.15) is 11.6 Å². The number of benzene rings is 1. The van der Waals surface area contributed by atoms with Crippen molar-refractivity contribution in [1.82, 2.24) is 14.2 Å². The van der Waals surface area contributed by atoms with Gasteiger partial charge in [-0.1, -0.05) is 17.9 Å². The first kappa shape index (κ1) is 22.0. The smallest absolute Gasteiger partial charge is 0.339 e. The fourth-order valence-electron chi connectivity index (χ4n) is 3.70. The highest BCUT2D eigenvalue weighted by Crippen LogP contribution is 2.28. The lowest BCUT2D eigenvalue weighted by atomic mass is 9.88. The largest absolute Gasteiger partial charge is 0.465 e. The molecule has 0 N–H and O–H groups in total. The number of esters is 1. The molecule has 0 aliphatic rings. The molecule has 1 unspecified atom stereocenters. The number of carbonyl (C=O) groups is 1. The molecule has 3 aromatic heterocycles. The molecule has 4 aromatic rings. The van der Waals surface area contributed by atoms with Crippen LogP contribution in [-0.2, 0) is 11.8 Å². The van der Waals surface area contributed by atoms with Crippen molar-refractivity contribution in [3.63, 3.8) is 0 Å². The maximum Gasteiger partial charge on any atom is 0.339 e. The van der Waals surface area contributed by atoms with E-state index in [1.807, 2.05) is 0 Å². The van der Waals surface area contributed by atoms with Crippen LogP contribution in [0.1, 0.15) is 39.4 Å². The molecule has 0 aliphatic heterocycles. The molecular weight excluding hydrogens is 428 g/mol. The molecule has 0 fully saturated rings. The average molecular weight is 447 g/mol. The van der Waals surface area contributed by atoms with Gasteiger partial charge in [0.05, 0.1) is 30.0 Å². The Hall–Kier alpha value is -4.25. The lowest BCUT2D eigenvalue weighted by Gasteiger charge is -2.16. The number of hydrogen-bond acceptors (Lipinski definition) is 4. The van der Waals surface area contributed by atoms with Crippen molar-refractivity contribution in [2.24, 2.45) is 7.05 Å². The van der Waals surface area contributed by atoms with Crippen molar-refractivity contribution in [3.05, 3.63) is 105 Å². The molecule has 0 saturated heterocycles. The Morgan fingerprint density at radius 1 is 1.15 bits per heavy atom. The first-order valence-corrected chi connectivity index (χ1v) is 10.0. The predicted octanol–water partition coefficient (Wildman–Crippen LogP) is 3.67. The standard InChI is InChI=1S/C25H19F2N3O3/c1-29-13-4-7-19(24(29)31)17(21-15-16(26)8-9-22(21)27)5-3-6-18-20(25(32)33-2)11-14-30-23(18)10-12-28-30/h4,7-15,17H,5H2,1-2H3. The first-order chi connectivity index (χ1) is 15.9. The third kappa shape index (κ3) is 4.26. The molecule has 0 aliphatic carbocycles. The third-order valence-corrected chi connectivity index (χ3v) is 5.36. The summed E-state index contributed by atoms with van der Waals surface area (Å²) < 4.78 is 36.4. The zero-order valence-electron chi connectivity index (χ0n) is 17.9. The predicted molar refractivity (Wildman–Crippen MR) is 118 cm³/mol. The summed E-state index contributed by atoms with van der Waals surface area (Å²) in [6.45, 7) is 0. The van der Waals surface area contributed by atoms with Gasteiger partial charge < -0.3 is 9.30 Å². The van der Waals surface area contributed by atoms with Crippen molar-refractivity contribution in [2.75, 3.05) is 7.11 Å². The van der Waals surface area contributed by atoms with Crippen LogP contribution in [0.4, 0.5) is 8.78 Å². The minimum Gasteiger partial charge on any atom is -0.465 e. The average Bonchev–Trinajstić information content (AvgIpc) is 3.29. The van der Waals surface area contributed by atoms with Crippen LogP contribution < -0.4 is 5.56 Å². The van der Waals surface area contributed by atoms with Crippen molar-refractivity contribution in [3.8, 4) is 11.8 Å². The number of carbonyl (C=O) groups excluding carboxylic acids is 1. The summed E-state index contributed by atoms with van der Waals surface area (Å²) in [4.78, 5) is 25.0. The van der Waals surface area contributed by atoms with Gasteiger partial charge in [0.2, 0.25) is 0 Å². The van der Waals surface area contributed by atoms with Gasteiger partial charge in [0.15, 0.2) is 0 Å². The highest BCUT2D eigenvalue weighted by molar-refractivity contribution is 5.94. The second kappa shape index (κ2) is 9.09. The van der Waals surface area contributed by atoms with Gasteiger partial charge in [-0.15, -0.1) is 0 Å². The number of fused-ring (bicyclic) bond motifs is 1. The molecule has 0 radical (unpaired) electrons. The summed E-state index contributed by atoms with van der Waals surface area (Å²) in [5, 5.41) is 4.15. The van der Waals surface area contributed by atoms with E-state index in [0.717, 1.165) is 18.2 Å². The summed E-state index contributed by atoms with van der Waals surface area (Å²) in [6.07, 6.45) is 4.78. The van der Waals surface area contributed by atoms with E-state index in [0.29, 0.717) is 11.1 Å². The van der Waals surface area contributed by atoms with Crippen LogP contribution in [0.2, 0.25) is 0 Å². The van der Waals surface area contributed by atoms with Gasteiger partial charge in [-0.25, -0.2) is 18.1 Å². The molecule has 0 amide bonds. The van der Waals surface area contributed by atoms with Gasteiger partial charge >= 0.3 is 5.97 Å². The number of methoxy groups -OCH3 is 1. The van der Waals surface area contributed by atoms with Crippen molar-refractivity contribution >= 4 is 11.5 Å². The number of aryl methyl sites for hydroxylation is 1. The Morgan fingerprint density at radius 3 is 2.76 bits per heavy atom. The fraction of sp³-hybridized carbons (Fsp3) is 0.160. The SMILES string of the molecule is COC(=O)c1ccn2nccc2c1C#CCC(c1cc(F)ccc1F)c1cccn(C)c1=O. The number of ether oxygens (including phenoxy) is 1. The molecule has 3 heterocycles. The Balaban J connectivity index is 1.83. The van der Waals surface area contributed by atoms with E-state index >= 15 is 0 Å². The van der Waals surface area contributed by atoms with Crippen LogP contribution in [0.25, 0.3) is 5.52 Å². The summed E-state index contributed by atoms with van der Waals surface area (Å²) >= 11 is 0.